The lowest BCUT2D eigenvalue weighted by Crippen LogP contribution is -2.33. The van der Waals surface area contributed by atoms with Gasteiger partial charge in [0.15, 0.2) is 0 Å². The summed E-state index contributed by atoms with van der Waals surface area (Å²) in [6.45, 7) is 2.90. The number of para-hydroxylation sites is 1. The average molecular weight is 252 g/mol. The number of benzene rings is 1. The number of nitrogens with zero attached hydrogens (tertiary/aromatic N) is 1. The Morgan fingerprint density at radius 3 is 2.65 bits per heavy atom. The molecule has 0 atom stereocenters. The molecule has 0 aliphatic carbocycles. The van der Waals surface area contributed by atoms with Gasteiger partial charge in [-0.2, -0.15) is 0 Å². The van der Waals surface area contributed by atoms with Gasteiger partial charge >= 0.3 is 0 Å². The second-order valence-corrected chi connectivity index (χ2v) is 4.14. The van der Waals surface area contributed by atoms with Crippen molar-refractivity contribution >= 4 is 23.1 Å². The van der Waals surface area contributed by atoms with Crippen LogP contribution in [-0.2, 0) is 0 Å². The lowest BCUT2D eigenvalue weighted by molar-refractivity contribution is 0.0766. The number of aromatic hydroxyl groups is 1. The summed E-state index contributed by atoms with van der Waals surface area (Å²) >= 11 is 4.78. The first-order chi connectivity index (χ1) is 8.06. The highest BCUT2D eigenvalue weighted by Crippen LogP contribution is 2.17. The molecule has 1 aromatic carbocycles. The van der Waals surface area contributed by atoms with E-state index in [-0.39, 0.29) is 11.7 Å². The number of phenolic OH excluding ortho intramolecular Hbond substituents is 1. The van der Waals surface area contributed by atoms with E-state index in [1.54, 1.807) is 23.1 Å². The Bertz CT molecular complexity index is 421. The second-order valence-electron chi connectivity index (χ2n) is 3.62. The quantitative estimate of drug-likeness (QED) is 0.780. The van der Waals surface area contributed by atoms with E-state index in [0.717, 1.165) is 0 Å². The first-order valence-corrected chi connectivity index (χ1v) is 5.82. The lowest BCUT2D eigenvalue weighted by Gasteiger charge is -2.21. The van der Waals surface area contributed by atoms with Crippen molar-refractivity contribution in [1.29, 1.82) is 0 Å². The smallest absolute Gasteiger partial charge is 0.257 e. The number of carbonyl (C=O) groups excluding carboxylic acids is 1. The summed E-state index contributed by atoms with van der Waals surface area (Å²) in [7, 11) is 0. The number of carbonyl (C=O) groups is 1. The van der Waals surface area contributed by atoms with Crippen molar-refractivity contribution < 1.29 is 9.90 Å². The molecule has 0 fully saturated rings. The molecule has 4 nitrogen and oxygen atoms in total. The first-order valence-electron chi connectivity index (χ1n) is 5.41. The van der Waals surface area contributed by atoms with Crippen molar-refractivity contribution in [2.45, 2.75) is 13.3 Å². The number of nitrogens with two attached hydrogens (primary N) is 1. The van der Waals surface area contributed by atoms with Gasteiger partial charge in [-0.05, 0) is 19.1 Å². The van der Waals surface area contributed by atoms with Crippen molar-refractivity contribution in [3.63, 3.8) is 0 Å². The first kappa shape index (κ1) is 13.4. The maximum atomic E-state index is 12.1. The van der Waals surface area contributed by atoms with Gasteiger partial charge in [-0.15, -0.1) is 0 Å². The van der Waals surface area contributed by atoms with Crippen LogP contribution in [0.3, 0.4) is 0 Å². The highest BCUT2D eigenvalue weighted by molar-refractivity contribution is 7.80. The second kappa shape index (κ2) is 6.20. The normalized spacial score (nSPS) is 9.94. The summed E-state index contributed by atoms with van der Waals surface area (Å²) in [6, 6.07) is 6.49. The molecule has 1 rings (SSSR count). The molecule has 5 heteroatoms. The van der Waals surface area contributed by atoms with Gasteiger partial charge in [0.25, 0.3) is 5.91 Å². The fraction of sp³-hybridized carbons (Fsp3) is 0.333. The molecule has 0 heterocycles. The zero-order valence-corrected chi connectivity index (χ0v) is 10.5. The van der Waals surface area contributed by atoms with Crippen LogP contribution in [0.4, 0.5) is 0 Å². The summed E-state index contributed by atoms with van der Waals surface area (Å²) in [5.41, 5.74) is 5.71. The van der Waals surface area contributed by atoms with E-state index in [4.69, 9.17) is 18.0 Å². The third-order valence-corrected chi connectivity index (χ3v) is 2.64. The number of phenols is 1. The largest absolute Gasteiger partial charge is 0.507 e. The molecule has 0 spiro atoms. The molecule has 3 N–H and O–H groups in total. The summed E-state index contributed by atoms with van der Waals surface area (Å²) in [6.07, 6.45) is 0.489. The molecule has 0 radical (unpaired) electrons. The Hall–Kier alpha value is -1.62. The molecule has 0 bridgehead atoms. The van der Waals surface area contributed by atoms with E-state index in [1.807, 2.05) is 6.92 Å². The van der Waals surface area contributed by atoms with Gasteiger partial charge in [-0.3, -0.25) is 4.79 Å². The van der Waals surface area contributed by atoms with Gasteiger partial charge in [0, 0.05) is 19.5 Å². The molecule has 17 heavy (non-hydrogen) atoms. The van der Waals surface area contributed by atoms with Crippen LogP contribution in [0.5, 0.6) is 5.75 Å². The van der Waals surface area contributed by atoms with Crippen LogP contribution in [-0.4, -0.2) is 34.0 Å². The van der Waals surface area contributed by atoms with E-state index in [9.17, 15) is 9.90 Å². The Labute approximate surface area is 106 Å². The van der Waals surface area contributed by atoms with E-state index in [1.165, 1.54) is 6.07 Å². The fourth-order valence-corrected chi connectivity index (χ4v) is 1.56. The predicted molar refractivity (Wildman–Crippen MR) is 71.1 cm³/mol. The van der Waals surface area contributed by atoms with Crippen molar-refractivity contribution in [2.24, 2.45) is 5.73 Å². The number of hydrogen-bond donors (Lipinski definition) is 2. The van der Waals surface area contributed by atoms with Gasteiger partial charge in [0.05, 0.1) is 10.6 Å². The van der Waals surface area contributed by atoms with E-state index >= 15 is 0 Å². The van der Waals surface area contributed by atoms with Gasteiger partial charge in [-0.1, -0.05) is 24.4 Å². The Balaban J connectivity index is 2.79. The molecule has 0 saturated heterocycles. The van der Waals surface area contributed by atoms with E-state index < -0.39 is 0 Å². The highest BCUT2D eigenvalue weighted by atomic mass is 32.1. The molecule has 0 unspecified atom stereocenters. The topological polar surface area (TPSA) is 66.6 Å². The van der Waals surface area contributed by atoms with Gasteiger partial charge in [-0.25, -0.2) is 0 Å². The average Bonchev–Trinajstić information content (AvgIpc) is 2.29. The minimum atomic E-state index is -0.207. The Morgan fingerprint density at radius 1 is 1.47 bits per heavy atom. The van der Waals surface area contributed by atoms with Crippen LogP contribution >= 0.6 is 12.2 Å². The van der Waals surface area contributed by atoms with Gasteiger partial charge < -0.3 is 15.7 Å². The summed E-state index contributed by atoms with van der Waals surface area (Å²) < 4.78 is 0. The molecule has 0 aromatic heterocycles. The van der Waals surface area contributed by atoms with Crippen molar-refractivity contribution in [1.82, 2.24) is 4.90 Å². The monoisotopic (exact) mass is 252 g/mol. The van der Waals surface area contributed by atoms with Gasteiger partial charge in [0.1, 0.15) is 5.75 Å². The van der Waals surface area contributed by atoms with Crippen molar-refractivity contribution in [3.8, 4) is 5.75 Å². The molecule has 0 aliphatic rings. The molecule has 1 aromatic rings. The molecular formula is C12H16N2O2S. The maximum Gasteiger partial charge on any atom is 0.257 e. The third-order valence-electron chi connectivity index (χ3n) is 2.43. The highest BCUT2D eigenvalue weighted by Gasteiger charge is 2.16. The lowest BCUT2D eigenvalue weighted by atomic mass is 10.1. The maximum absolute atomic E-state index is 12.1. The number of rotatable bonds is 5. The molecule has 1 amide bonds. The van der Waals surface area contributed by atoms with Crippen LogP contribution in [0.25, 0.3) is 0 Å². The Kier molecular flexibility index (Phi) is 4.90. The number of hydrogen-bond acceptors (Lipinski definition) is 3. The van der Waals surface area contributed by atoms with Crippen molar-refractivity contribution in [3.05, 3.63) is 29.8 Å². The zero-order chi connectivity index (χ0) is 12.8. The van der Waals surface area contributed by atoms with Crippen LogP contribution in [0.1, 0.15) is 23.7 Å². The number of thiocarbonyl (C=S) groups is 1. The van der Waals surface area contributed by atoms with Crippen molar-refractivity contribution in [2.75, 3.05) is 13.1 Å². The Morgan fingerprint density at radius 2 is 2.12 bits per heavy atom. The van der Waals surface area contributed by atoms with Gasteiger partial charge in [0.2, 0.25) is 0 Å². The summed E-state index contributed by atoms with van der Waals surface area (Å²) in [4.78, 5) is 14.1. The molecule has 0 saturated carbocycles. The van der Waals surface area contributed by atoms with Crippen LogP contribution in [0.2, 0.25) is 0 Å². The van der Waals surface area contributed by atoms with E-state index in [0.29, 0.717) is 30.1 Å². The minimum Gasteiger partial charge on any atom is -0.507 e. The SMILES string of the molecule is CCN(CCC(N)=S)C(=O)c1ccccc1O. The zero-order valence-electron chi connectivity index (χ0n) is 9.72. The standard InChI is InChI=1S/C12H16N2O2S/c1-2-14(8-7-11(13)17)12(16)9-5-3-4-6-10(9)15/h3-6,15H,2,7-8H2,1H3,(H2,13,17). The summed E-state index contributed by atoms with van der Waals surface area (Å²) in [5.74, 6) is -0.215. The van der Waals surface area contributed by atoms with Crippen LogP contribution in [0, 0.1) is 0 Å². The fourth-order valence-electron chi connectivity index (χ4n) is 1.47. The molecular weight excluding hydrogens is 236 g/mol. The summed E-state index contributed by atoms with van der Waals surface area (Å²) in [5, 5.41) is 9.60. The predicted octanol–water partition coefficient (Wildman–Crippen LogP) is 1.53. The van der Waals surface area contributed by atoms with Crippen LogP contribution < -0.4 is 5.73 Å². The number of amides is 1. The molecule has 92 valence electrons. The van der Waals surface area contributed by atoms with Crippen LogP contribution in [0.15, 0.2) is 24.3 Å². The minimum absolute atomic E-state index is 0.00808. The third kappa shape index (κ3) is 3.71. The molecule has 0 aliphatic heterocycles. The van der Waals surface area contributed by atoms with E-state index in [2.05, 4.69) is 0 Å².